The average molecular weight is 2530 g/mol. The highest BCUT2D eigenvalue weighted by atomic mass is 127. The van der Waals surface area contributed by atoms with Gasteiger partial charge in [-0.25, -0.2) is 94.9 Å². The Kier molecular flexibility index (Phi) is 40.2. The van der Waals surface area contributed by atoms with Gasteiger partial charge in [0.05, 0.1) is 0 Å². The third-order valence-electron chi connectivity index (χ3n) is 17.5. The van der Waals surface area contributed by atoms with E-state index in [0.717, 1.165) is 71.9 Å². The van der Waals surface area contributed by atoms with E-state index >= 15 is 0 Å². The lowest BCUT2D eigenvalue weighted by molar-refractivity contribution is -0.116. The van der Waals surface area contributed by atoms with Crippen LogP contribution < -0.4 is 53.2 Å². The van der Waals surface area contributed by atoms with E-state index in [-0.39, 0.29) is 85.6 Å². The zero-order chi connectivity index (χ0) is 103. The van der Waals surface area contributed by atoms with Crippen LogP contribution in [-0.2, 0) is 19.2 Å². The molecule has 0 unspecified atom stereocenters. The summed E-state index contributed by atoms with van der Waals surface area (Å²) in [5.74, 6) is 2.81. The van der Waals surface area contributed by atoms with Gasteiger partial charge in [0.1, 0.15) is 29.1 Å². The summed E-state index contributed by atoms with van der Waals surface area (Å²) in [4.78, 5) is 87.3. The number of halogens is 10. The number of amides is 4. The normalized spacial score (nSPS) is 10.2. The lowest BCUT2D eigenvalue weighted by Crippen LogP contribution is -2.06. The second-order valence-corrected chi connectivity index (χ2v) is 36.0. The van der Waals surface area contributed by atoms with Crippen molar-refractivity contribution in [2.45, 2.75) is 0 Å². The number of nitrogens with one attached hydrogen (secondary N) is 10. The average Bonchev–Trinajstić information content (AvgIpc) is 1.77. The maximum atomic E-state index is 13.1. The van der Waals surface area contributed by atoms with Gasteiger partial charge in [-0.3, -0.25) is 19.2 Å². The molecule has 0 fully saturated rings. The molecule has 0 saturated carbocycles. The van der Waals surface area contributed by atoms with Crippen molar-refractivity contribution in [3.63, 3.8) is 0 Å². The van der Waals surface area contributed by atoms with Gasteiger partial charge >= 0.3 is 0 Å². The van der Waals surface area contributed by atoms with Gasteiger partial charge in [0, 0.05) is 131 Å². The molecule has 0 aliphatic heterocycles. The second-order valence-electron chi connectivity index (χ2n) is 29.8. The highest BCUT2D eigenvalue weighted by Gasteiger charge is 2.21. The van der Waals surface area contributed by atoms with E-state index in [9.17, 15) is 41.1 Å². The van der Waals surface area contributed by atoms with E-state index in [1.807, 2.05) is 121 Å². The molecular formula is C92H78F5I5N34O9. The predicted octanol–water partition coefficient (Wildman–Crippen LogP) is 20.0. The molecule has 0 saturated heterocycles. The van der Waals surface area contributed by atoms with E-state index in [2.05, 4.69) is 291 Å². The Labute approximate surface area is 886 Å². The fourth-order valence-electron chi connectivity index (χ4n) is 10.8. The Morgan fingerprint density at radius 1 is 0.186 bits per heavy atom. The first-order chi connectivity index (χ1) is 69.9. The summed E-state index contributed by atoms with van der Waals surface area (Å²) in [5.41, 5.74) is 10.3. The van der Waals surface area contributed by atoms with Crippen LogP contribution in [0.3, 0.4) is 0 Å². The smallest absolute Gasteiger partial charge is 0.245 e. The van der Waals surface area contributed by atoms with Crippen molar-refractivity contribution in [3.8, 4) is 0 Å². The third-order valence-corrected chi connectivity index (χ3v) is 21.1. The minimum atomic E-state index is -0.315. The molecular weight excluding hydrogens is 2450 g/mol. The molecule has 0 spiro atoms. The Bertz CT molecular complexity index is 6130. The van der Waals surface area contributed by atoms with Crippen LogP contribution in [0.1, 0.15) is 0 Å². The minimum Gasteiger partial charge on any atom is -0.351 e. The number of nitrogens with zero attached hydrogens (tertiary/aromatic N) is 24. The molecule has 0 aliphatic carbocycles. The molecule has 740 valence electrons. The van der Waals surface area contributed by atoms with E-state index in [0.29, 0.717) is 86.6 Å². The number of hydrogen-bond acceptors (Lipinski definition) is 39. The predicted molar refractivity (Wildman–Crippen MR) is 577 cm³/mol. The van der Waals surface area contributed by atoms with Crippen LogP contribution in [0.25, 0.3) is 56.5 Å². The van der Waals surface area contributed by atoms with Crippen molar-refractivity contribution >= 4 is 310 Å². The monoisotopic (exact) mass is 2530 g/mol. The number of rotatable bonds is 24. The molecule has 10 aromatic heterocycles. The SMILES string of the molecule is CN(C)C=O.CN(C)C=O.CN(C)C=O.CN(C)C=O.Fc1ccc(Nc2nc3nonc3nc2Nc2ccc(I)cc2)cc1.Fc1ccc(Nc2nc3nonc3nc2Nc2ccc(I)cc2)cc1.Fc1ccc(Nc2nc3nonc3nc2Nc2ccc(I)cc2)cc1.Fc1ccc(Nc2nc3nonc3nc2Nc2ccc(I)cc2)cc1.Fc1ccc(Nc2nc3nonc3nc2Nc2ccc(I)cc2)cc1. The van der Waals surface area contributed by atoms with Crippen LogP contribution >= 0.6 is 113 Å². The first-order valence-corrected chi connectivity index (χ1v) is 47.1. The van der Waals surface area contributed by atoms with Gasteiger partial charge < -0.3 is 72.8 Å². The Morgan fingerprint density at radius 3 is 0.366 bits per heavy atom. The molecule has 0 radical (unpaired) electrons. The molecule has 145 heavy (non-hydrogen) atoms. The molecule has 20 rings (SSSR count). The number of fused-ring (bicyclic) bond motifs is 5. The van der Waals surface area contributed by atoms with Crippen LogP contribution in [0, 0.1) is 46.9 Å². The molecule has 20 aromatic rings. The molecule has 10 heterocycles. The van der Waals surface area contributed by atoms with Crippen molar-refractivity contribution in [1.29, 1.82) is 0 Å². The molecule has 4 amide bonds. The molecule has 0 atom stereocenters. The van der Waals surface area contributed by atoms with E-state index in [1.165, 1.54) is 80.3 Å². The van der Waals surface area contributed by atoms with Gasteiger partial charge in [-0.05, 0) is 407 Å². The van der Waals surface area contributed by atoms with Gasteiger partial charge in [-0.1, -0.05) is 0 Å². The third kappa shape index (κ3) is 34.6. The number of carbonyl (C=O) groups excluding carboxylic acids is 4. The van der Waals surface area contributed by atoms with Crippen molar-refractivity contribution in [3.05, 3.63) is 290 Å². The summed E-state index contributed by atoms with van der Waals surface area (Å²) in [5, 5.41) is 68.6. The number of carbonyl (C=O) groups is 4. The summed E-state index contributed by atoms with van der Waals surface area (Å²) >= 11 is 11.2. The number of benzene rings is 10. The van der Waals surface area contributed by atoms with E-state index in [4.69, 9.17) is 0 Å². The largest absolute Gasteiger partial charge is 0.351 e. The summed E-state index contributed by atoms with van der Waals surface area (Å²) in [6, 6.07) is 68.7. The molecule has 43 nitrogen and oxygen atoms in total. The Hall–Kier alpha value is -16.2. The lowest BCUT2D eigenvalue weighted by Gasteiger charge is -2.11. The van der Waals surface area contributed by atoms with E-state index in [1.54, 1.807) is 117 Å². The standard InChI is InChI=1S/5C16H10FIN6O.4C3H7NO/c5*17-9-1-5-11(6-2-9)19-13-14(20-12-7-3-10(18)4-8-12)22-16-15(21-13)23-25-24-16;4*1-4(2)3-5/h5*1-8H,(H,19,21,23)(H,20,22,24);4*3H,1-2H3. The molecule has 53 heteroatoms. The Balaban J connectivity index is 0.000000154. The van der Waals surface area contributed by atoms with Crippen LogP contribution in [0.2, 0.25) is 0 Å². The first kappa shape index (κ1) is 108. The van der Waals surface area contributed by atoms with Gasteiger partial charge in [0.2, 0.25) is 82.1 Å². The van der Waals surface area contributed by atoms with E-state index < -0.39 is 0 Å². The van der Waals surface area contributed by atoms with Crippen molar-refractivity contribution in [2.24, 2.45) is 0 Å². The molecule has 10 N–H and O–H groups in total. The summed E-state index contributed by atoms with van der Waals surface area (Å²) in [6.45, 7) is 0. The molecule has 10 aromatic carbocycles. The highest BCUT2D eigenvalue weighted by Crippen LogP contribution is 2.35. The quantitative estimate of drug-likeness (QED) is 0.0153. The number of hydrogen-bond donors (Lipinski definition) is 10. The fourth-order valence-corrected chi connectivity index (χ4v) is 12.6. The van der Waals surface area contributed by atoms with Gasteiger partial charge in [0.25, 0.3) is 0 Å². The second kappa shape index (κ2) is 54.1. The number of aromatic nitrogens is 20. The zero-order valence-electron chi connectivity index (χ0n) is 76.6. The maximum absolute atomic E-state index is 13.1. The van der Waals surface area contributed by atoms with Crippen LogP contribution in [0.5, 0.6) is 0 Å². The van der Waals surface area contributed by atoms with Crippen LogP contribution in [-0.4, -0.2) is 203 Å². The number of anilines is 20. The topological polar surface area (TPSA) is 525 Å². The highest BCUT2D eigenvalue weighted by molar-refractivity contribution is 14.1. The maximum Gasteiger partial charge on any atom is 0.245 e. The van der Waals surface area contributed by atoms with Crippen LogP contribution in [0.15, 0.2) is 266 Å². The summed E-state index contributed by atoms with van der Waals surface area (Å²) in [7, 11) is 13.5. The van der Waals surface area contributed by atoms with Gasteiger partial charge in [0.15, 0.2) is 58.2 Å². The Morgan fingerprint density at radius 2 is 0.276 bits per heavy atom. The molecule has 0 aliphatic rings. The van der Waals surface area contributed by atoms with Crippen molar-refractivity contribution < 1.29 is 64.3 Å². The zero-order valence-corrected chi connectivity index (χ0v) is 87.4. The minimum absolute atomic E-state index is 0.276. The summed E-state index contributed by atoms with van der Waals surface area (Å²) in [6.07, 6.45) is 3.00. The van der Waals surface area contributed by atoms with Gasteiger partial charge in [-0.2, -0.15) is 0 Å². The van der Waals surface area contributed by atoms with Crippen LogP contribution in [0.4, 0.5) is 137 Å². The lowest BCUT2D eigenvalue weighted by atomic mass is 10.3. The molecule has 0 bridgehead atoms. The van der Waals surface area contributed by atoms with Gasteiger partial charge in [-0.15, -0.1) is 0 Å². The van der Waals surface area contributed by atoms with Crippen molar-refractivity contribution in [1.82, 2.24) is 121 Å². The summed E-state index contributed by atoms with van der Waals surface area (Å²) < 4.78 is 94.4. The first-order valence-electron chi connectivity index (χ1n) is 41.7. The fraction of sp³-hybridized carbons (Fsp3) is 0.0870. The van der Waals surface area contributed by atoms with Crippen molar-refractivity contribution in [2.75, 3.05) is 110 Å².